The third kappa shape index (κ3) is 3.27. The molecule has 0 spiro atoms. The summed E-state index contributed by atoms with van der Waals surface area (Å²) in [5.41, 5.74) is 0.781. The van der Waals surface area contributed by atoms with E-state index in [1.54, 1.807) is 31.3 Å². The maximum atomic E-state index is 12.7. The zero-order valence-corrected chi connectivity index (χ0v) is 16.8. The van der Waals surface area contributed by atoms with Gasteiger partial charge in [0.2, 0.25) is 0 Å². The maximum absolute atomic E-state index is 12.7. The predicted octanol–water partition coefficient (Wildman–Crippen LogP) is 2.13. The minimum Gasteiger partial charge on any atom is -0.333 e. The molecule has 1 amide bonds. The van der Waals surface area contributed by atoms with E-state index in [-0.39, 0.29) is 5.91 Å². The molecule has 4 rings (SSSR count). The normalized spacial score (nSPS) is 11.1. The fourth-order valence-electron chi connectivity index (χ4n) is 3.15. The average Bonchev–Trinajstić information content (AvgIpc) is 3.27. The number of nitrogens with one attached hydrogen (secondary N) is 2. The summed E-state index contributed by atoms with van der Waals surface area (Å²) in [7, 11) is 1.89. The number of nitrogens with zero attached hydrogens (tertiary/aromatic N) is 4. The first-order chi connectivity index (χ1) is 13.9. The smallest absolute Gasteiger partial charge is 0.316 e. The molecule has 0 unspecified atom stereocenters. The second-order valence-corrected chi connectivity index (χ2v) is 7.48. The van der Waals surface area contributed by atoms with Gasteiger partial charge in [-0.2, -0.15) is 0 Å². The lowest BCUT2D eigenvalue weighted by Crippen LogP contribution is -2.36. The molecule has 1 aromatic carbocycles. The molecule has 0 aliphatic carbocycles. The van der Waals surface area contributed by atoms with Gasteiger partial charge in [0.1, 0.15) is 0 Å². The van der Waals surface area contributed by atoms with E-state index >= 15 is 0 Å². The first-order valence-electron chi connectivity index (χ1n) is 8.92. The Labute approximate surface area is 168 Å². The molecular formula is C19H18N6O3S. The van der Waals surface area contributed by atoms with Crippen LogP contribution in [0.5, 0.6) is 0 Å². The fourth-order valence-corrected chi connectivity index (χ4v) is 4.15. The molecule has 3 aromatic heterocycles. The van der Waals surface area contributed by atoms with Crippen LogP contribution in [0.2, 0.25) is 0 Å². The molecule has 0 saturated carbocycles. The summed E-state index contributed by atoms with van der Waals surface area (Å²) in [5.74, 6) is 0.420. The lowest BCUT2D eigenvalue weighted by Gasteiger charge is -2.08. The molecule has 148 valence electrons. The number of benzene rings is 1. The van der Waals surface area contributed by atoms with E-state index in [0.717, 1.165) is 16.4 Å². The van der Waals surface area contributed by atoms with Crippen molar-refractivity contribution in [3.63, 3.8) is 0 Å². The summed E-state index contributed by atoms with van der Waals surface area (Å²) in [6.45, 7) is 4.00. The SMILES string of the molecule is CCn1c(=O)c(=O)[nH]c2cc(C(=O)Nc3nc(C)c(-c4nccn4C)s3)ccc21. The summed E-state index contributed by atoms with van der Waals surface area (Å²) in [6.07, 6.45) is 3.55. The molecule has 3 heterocycles. The molecule has 0 radical (unpaired) electrons. The van der Waals surface area contributed by atoms with Crippen molar-refractivity contribution in [1.29, 1.82) is 0 Å². The summed E-state index contributed by atoms with van der Waals surface area (Å²) in [5, 5.41) is 3.25. The number of aryl methyl sites for hydroxylation is 3. The van der Waals surface area contributed by atoms with Gasteiger partial charge in [-0.25, -0.2) is 9.97 Å². The van der Waals surface area contributed by atoms with Crippen molar-refractivity contribution in [2.75, 3.05) is 5.32 Å². The Morgan fingerprint density at radius 3 is 2.79 bits per heavy atom. The largest absolute Gasteiger partial charge is 0.333 e. The molecule has 0 bridgehead atoms. The number of hydrogen-bond donors (Lipinski definition) is 2. The predicted molar refractivity (Wildman–Crippen MR) is 112 cm³/mol. The molecule has 4 aromatic rings. The zero-order chi connectivity index (χ0) is 20.7. The summed E-state index contributed by atoms with van der Waals surface area (Å²) in [6, 6.07) is 4.82. The average molecular weight is 410 g/mol. The van der Waals surface area contributed by atoms with Crippen LogP contribution in [0, 0.1) is 6.92 Å². The molecule has 0 atom stereocenters. The van der Waals surface area contributed by atoms with Crippen LogP contribution in [0.1, 0.15) is 23.0 Å². The zero-order valence-electron chi connectivity index (χ0n) is 16.0. The lowest BCUT2D eigenvalue weighted by atomic mass is 10.1. The standard InChI is InChI=1S/C19H18N6O3S/c1-4-25-13-6-5-11(9-12(13)22-17(27)18(25)28)16(26)23-19-21-10(2)14(29-19)15-20-7-8-24(15)3/h5-9H,4H2,1-3H3,(H,22,27)(H,21,23,26). The van der Waals surface area contributed by atoms with Crippen molar-refractivity contribution < 1.29 is 4.79 Å². The van der Waals surface area contributed by atoms with E-state index in [1.165, 1.54) is 15.9 Å². The minimum absolute atomic E-state index is 0.348. The van der Waals surface area contributed by atoms with Crippen molar-refractivity contribution in [2.45, 2.75) is 20.4 Å². The highest BCUT2D eigenvalue weighted by atomic mass is 32.1. The maximum Gasteiger partial charge on any atom is 0.316 e. The van der Waals surface area contributed by atoms with Crippen LogP contribution in [0.25, 0.3) is 21.7 Å². The number of thiazole rings is 1. The number of anilines is 1. The summed E-state index contributed by atoms with van der Waals surface area (Å²) < 4.78 is 3.26. The number of hydrogen-bond acceptors (Lipinski definition) is 6. The Balaban J connectivity index is 1.66. The number of fused-ring (bicyclic) bond motifs is 1. The highest BCUT2D eigenvalue weighted by molar-refractivity contribution is 7.19. The summed E-state index contributed by atoms with van der Waals surface area (Å²) in [4.78, 5) is 48.7. The Kier molecular flexibility index (Phi) is 4.63. The molecular weight excluding hydrogens is 392 g/mol. The highest BCUT2D eigenvalue weighted by Gasteiger charge is 2.16. The van der Waals surface area contributed by atoms with E-state index in [1.807, 2.05) is 24.7 Å². The van der Waals surface area contributed by atoms with Crippen molar-refractivity contribution in [1.82, 2.24) is 24.1 Å². The van der Waals surface area contributed by atoms with Gasteiger partial charge < -0.3 is 14.1 Å². The number of amides is 1. The number of carbonyl (C=O) groups excluding carboxylic acids is 1. The first kappa shape index (κ1) is 18.8. The lowest BCUT2D eigenvalue weighted by molar-refractivity contribution is 0.102. The Bertz CT molecular complexity index is 1360. The third-order valence-corrected chi connectivity index (χ3v) is 5.66. The van der Waals surface area contributed by atoms with E-state index in [2.05, 4.69) is 20.3 Å². The van der Waals surface area contributed by atoms with Crippen molar-refractivity contribution in [3.8, 4) is 10.7 Å². The molecule has 0 saturated heterocycles. The quantitative estimate of drug-likeness (QED) is 0.500. The summed E-state index contributed by atoms with van der Waals surface area (Å²) >= 11 is 1.34. The number of rotatable bonds is 4. The van der Waals surface area contributed by atoms with Crippen LogP contribution >= 0.6 is 11.3 Å². The van der Waals surface area contributed by atoms with Crippen LogP contribution in [-0.2, 0) is 13.6 Å². The van der Waals surface area contributed by atoms with Gasteiger partial charge in [0.25, 0.3) is 5.91 Å². The van der Waals surface area contributed by atoms with Gasteiger partial charge in [-0.05, 0) is 32.0 Å². The number of carbonyl (C=O) groups is 1. The molecule has 9 nitrogen and oxygen atoms in total. The van der Waals surface area contributed by atoms with Crippen LogP contribution in [0.3, 0.4) is 0 Å². The van der Waals surface area contributed by atoms with Gasteiger partial charge in [-0.1, -0.05) is 11.3 Å². The Morgan fingerprint density at radius 2 is 2.10 bits per heavy atom. The molecule has 0 aliphatic heterocycles. The van der Waals surface area contributed by atoms with Gasteiger partial charge in [0, 0.05) is 31.5 Å². The topological polar surface area (TPSA) is 115 Å². The second-order valence-electron chi connectivity index (χ2n) is 6.48. The van der Waals surface area contributed by atoms with Crippen LogP contribution in [0.15, 0.2) is 40.2 Å². The van der Waals surface area contributed by atoms with Gasteiger partial charge >= 0.3 is 11.1 Å². The number of aromatic amines is 1. The van der Waals surface area contributed by atoms with Gasteiger partial charge in [0.15, 0.2) is 11.0 Å². The van der Waals surface area contributed by atoms with Crippen LogP contribution in [-0.4, -0.2) is 30.0 Å². The van der Waals surface area contributed by atoms with E-state index in [9.17, 15) is 14.4 Å². The van der Waals surface area contributed by atoms with E-state index < -0.39 is 11.1 Å². The minimum atomic E-state index is -0.716. The molecule has 0 fully saturated rings. The monoisotopic (exact) mass is 410 g/mol. The second kappa shape index (κ2) is 7.13. The van der Waals surface area contributed by atoms with Crippen LogP contribution < -0.4 is 16.4 Å². The van der Waals surface area contributed by atoms with Crippen LogP contribution in [0.4, 0.5) is 5.13 Å². The van der Waals surface area contributed by atoms with Gasteiger partial charge in [-0.3, -0.25) is 19.7 Å². The van der Waals surface area contributed by atoms with Gasteiger partial charge in [-0.15, -0.1) is 0 Å². The molecule has 0 aliphatic rings. The first-order valence-corrected chi connectivity index (χ1v) is 9.74. The molecule has 29 heavy (non-hydrogen) atoms. The highest BCUT2D eigenvalue weighted by Crippen LogP contribution is 2.31. The van der Waals surface area contributed by atoms with Crippen molar-refractivity contribution >= 4 is 33.4 Å². The molecule has 10 heteroatoms. The molecule has 2 N–H and O–H groups in total. The van der Waals surface area contributed by atoms with E-state index in [4.69, 9.17) is 0 Å². The number of H-pyrrole nitrogens is 1. The Morgan fingerprint density at radius 1 is 1.31 bits per heavy atom. The van der Waals surface area contributed by atoms with Gasteiger partial charge in [0.05, 0.1) is 21.6 Å². The third-order valence-electron chi connectivity index (χ3n) is 4.59. The van der Waals surface area contributed by atoms with Crippen molar-refractivity contribution in [3.05, 3.63) is 62.6 Å². The number of imidazole rings is 1. The fraction of sp³-hybridized carbons (Fsp3) is 0.211. The van der Waals surface area contributed by atoms with E-state index in [0.29, 0.717) is 28.3 Å². The van der Waals surface area contributed by atoms with Crippen molar-refractivity contribution in [2.24, 2.45) is 7.05 Å². The number of aromatic nitrogens is 5. The Hall–Kier alpha value is -3.53.